The maximum Gasteiger partial charge on any atom is 0.361 e. The molecule has 2 nitrogen and oxygen atoms in total. The van der Waals surface area contributed by atoms with Crippen molar-refractivity contribution in [2.24, 2.45) is 0 Å². The summed E-state index contributed by atoms with van der Waals surface area (Å²) in [5.74, 6) is 0. The smallest absolute Gasteiger partial charge is 0.188 e. The molecule has 0 radical (unpaired) electrons. The summed E-state index contributed by atoms with van der Waals surface area (Å²) in [5, 5.41) is 7.26. The lowest BCUT2D eigenvalue weighted by atomic mass is 11.6. The van der Waals surface area contributed by atoms with Gasteiger partial charge in [0.1, 0.15) is 0 Å². The van der Waals surface area contributed by atoms with Gasteiger partial charge in [-0.1, -0.05) is 22.0 Å². The number of halogens is 2. The molecular weight excluding hydrogens is 195 g/mol. The molecule has 0 bridgehead atoms. The van der Waals surface area contributed by atoms with Crippen LogP contribution in [0, 0.1) is 0 Å². The van der Waals surface area contributed by atoms with Crippen LogP contribution in [0.3, 0.4) is 0 Å². The molecule has 0 N–H and O–H groups in total. The Morgan fingerprint density at radius 3 is 2.80 bits per heavy atom. The first-order valence-corrected chi connectivity index (χ1v) is 5.41. The first-order valence-electron chi connectivity index (χ1n) is 2.41. The van der Waals surface area contributed by atoms with E-state index in [0.717, 1.165) is 0 Å². The van der Waals surface area contributed by atoms with E-state index in [-0.39, 0.29) is 4.47 Å². The molecular formula is C4H5ClFN2S2+. The van der Waals surface area contributed by atoms with Crippen molar-refractivity contribution in [1.82, 2.24) is 10.2 Å². The van der Waals surface area contributed by atoms with E-state index in [4.69, 9.17) is 11.6 Å². The Bertz CT molecular complexity index is 227. The topological polar surface area (TPSA) is 25.8 Å². The van der Waals surface area contributed by atoms with E-state index < -0.39 is 16.5 Å². The summed E-state index contributed by atoms with van der Waals surface area (Å²) in [5.41, 5.74) is 0. The summed E-state index contributed by atoms with van der Waals surface area (Å²) >= 11 is 6.94. The fraction of sp³-hybridized carbons (Fsp3) is 0.500. The first-order chi connectivity index (χ1) is 4.79. The summed E-state index contributed by atoms with van der Waals surface area (Å²) in [6, 6.07) is -0.484. The van der Waals surface area contributed by atoms with E-state index in [1.54, 1.807) is 0 Å². The van der Waals surface area contributed by atoms with Gasteiger partial charge in [0.05, 0.1) is 10.5 Å². The van der Waals surface area contributed by atoms with Crippen LogP contribution in [0.25, 0.3) is 0 Å². The van der Waals surface area contributed by atoms with Gasteiger partial charge in [0.2, 0.25) is 0 Å². The second-order valence-corrected chi connectivity index (χ2v) is 4.83. The van der Waals surface area contributed by atoms with Crippen LogP contribution in [0.15, 0.2) is 4.34 Å². The maximum absolute atomic E-state index is 12.1. The Morgan fingerprint density at radius 2 is 2.40 bits per heavy atom. The number of nitrogens with zero attached hydrogens (tertiary/aromatic N) is 2. The zero-order chi connectivity index (χ0) is 7.56. The van der Waals surface area contributed by atoms with Crippen LogP contribution >= 0.6 is 33.8 Å². The SMILES string of the molecule is CSc1nnc(Cl)[s+]1CF. The summed E-state index contributed by atoms with van der Waals surface area (Å²) in [6.07, 6.45) is 1.83. The van der Waals surface area contributed by atoms with Crippen molar-refractivity contribution in [3.05, 3.63) is 4.47 Å². The molecule has 6 heteroatoms. The molecule has 10 heavy (non-hydrogen) atoms. The Hall–Kier alpha value is 0.130. The fourth-order valence-electron chi connectivity index (χ4n) is 0.484. The monoisotopic (exact) mass is 199 g/mol. The average molecular weight is 200 g/mol. The standard InChI is InChI=1S/C4H5ClFN2S2/c1-9-4-8-7-3(5)10(4)2-6/h2H2,1H3/q+1. The molecule has 1 rings (SSSR count). The molecule has 1 unspecified atom stereocenters. The lowest BCUT2D eigenvalue weighted by Gasteiger charge is -1.79. The predicted molar refractivity (Wildman–Crippen MR) is 42.4 cm³/mol. The van der Waals surface area contributed by atoms with E-state index in [2.05, 4.69) is 10.2 Å². The molecule has 0 amide bonds. The molecule has 0 aliphatic heterocycles. The van der Waals surface area contributed by atoms with Gasteiger partial charge in [-0.3, -0.25) is 0 Å². The van der Waals surface area contributed by atoms with Crippen molar-refractivity contribution in [1.29, 1.82) is 0 Å². The molecule has 0 saturated carbocycles. The second-order valence-electron chi connectivity index (χ2n) is 1.42. The fourth-order valence-corrected chi connectivity index (χ4v) is 2.91. The van der Waals surface area contributed by atoms with Gasteiger partial charge in [0.25, 0.3) is 6.01 Å². The van der Waals surface area contributed by atoms with Crippen LogP contribution in [0.4, 0.5) is 4.39 Å². The van der Waals surface area contributed by atoms with Gasteiger partial charge in [0.15, 0.2) is 0 Å². The molecule has 0 fully saturated rings. The van der Waals surface area contributed by atoms with Crippen LogP contribution in [0.5, 0.6) is 0 Å². The van der Waals surface area contributed by atoms with E-state index in [1.165, 1.54) is 11.8 Å². The van der Waals surface area contributed by atoms with E-state index >= 15 is 0 Å². The minimum atomic E-state index is -0.655. The molecule has 56 valence electrons. The number of aromatic nitrogens is 2. The summed E-state index contributed by atoms with van der Waals surface area (Å²) in [4.78, 5) is 0. The molecule has 0 aliphatic carbocycles. The number of hydrogen-bond donors (Lipinski definition) is 0. The Morgan fingerprint density at radius 1 is 1.70 bits per heavy atom. The molecule has 0 spiro atoms. The van der Waals surface area contributed by atoms with Gasteiger partial charge in [-0.25, -0.2) is 0 Å². The van der Waals surface area contributed by atoms with Crippen molar-refractivity contribution in [3.8, 4) is 0 Å². The number of hydrogen-bond acceptors (Lipinski definition) is 3. The van der Waals surface area contributed by atoms with Gasteiger partial charge in [-0.2, -0.15) is 4.39 Å². The summed E-state index contributed by atoms with van der Waals surface area (Å²) in [7, 11) is -0.655. The minimum absolute atomic E-state index is 0.284. The van der Waals surface area contributed by atoms with E-state index in [9.17, 15) is 4.39 Å². The van der Waals surface area contributed by atoms with Crippen LogP contribution in [0.1, 0.15) is 0 Å². The third-order valence-corrected chi connectivity index (χ3v) is 4.29. The van der Waals surface area contributed by atoms with Crippen LogP contribution in [-0.4, -0.2) is 16.5 Å². The Balaban J connectivity index is 3.01. The highest BCUT2D eigenvalue weighted by molar-refractivity contribution is 8.00. The molecule has 0 aliphatic rings. The first kappa shape index (κ1) is 8.23. The minimum Gasteiger partial charge on any atom is -0.188 e. The van der Waals surface area contributed by atoms with E-state index in [0.29, 0.717) is 4.34 Å². The maximum atomic E-state index is 12.1. The van der Waals surface area contributed by atoms with Gasteiger partial charge < -0.3 is 0 Å². The lowest BCUT2D eigenvalue weighted by Crippen LogP contribution is -1.67. The zero-order valence-electron chi connectivity index (χ0n) is 5.17. The van der Waals surface area contributed by atoms with Gasteiger partial charge in [-0.15, -0.1) is 0 Å². The third-order valence-electron chi connectivity index (χ3n) is 0.908. The average Bonchev–Trinajstić information content (AvgIpc) is 2.30. The van der Waals surface area contributed by atoms with Gasteiger partial charge in [-0.05, 0) is 6.26 Å². The van der Waals surface area contributed by atoms with Crippen molar-refractivity contribution < 1.29 is 4.39 Å². The van der Waals surface area contributed by atoms with Crippen LogP contribution in [-0.2, 0) is 6.01 Å². The molecule has 0 aromatic carbocycles. The normalized spacial score (nSPS) is 12.1. The highest BCUT2D eigenvalue weighted by Gasteiger charge is 2.21. The highest BCUT2D eigenvalue weighted by atomic mass is 35.5. The molecule has 0 saturated heterocycles. The Labute approximate surface area is 69.8 Å². The quantitative estimate of drug-likeness (QED) is 0.541. The molecule has 1 heterocycles. The summed E-state index contributed by atoms with van der Waals surface area (Å²) < 4.78 is 13.1. The molecule has 1 aromatic heterocycles. The molecule has 1 atom stereocenters. The largest absolute Gasteiger partial charge is 0.361 e. The lowest BCUT2D eigenvalue weighted by molar-refractivity contribution is 0.541. The predicted octanol–water partition coefficient (Wildman–Crippen LogP) is 2.53. The molecule has 1 aromatic rings. The summed E-state index contributed by atoms with van der Waals surface area (Å²) in [6.45, 7) is 0. The van der Waals surface area contributed by atoms with Gasteiger partial charge >= 0.3 is 8.81 Å². The Kier molecular flexibility index (Phi) is 2.88. The number of alkyl halides is 1. The van der Waals surface area contributed by atoms with Crippen molar-refractivity contribution in [3.63, 3.8) is 0 Å². The highest BCUT2D eigenvalue weighted by Crippen LogP contribution is 2.36. The number of thioether (sulfide) groups is 1. The van der Waals surface area contributed by atoms with Crippen LogP contribution in [0.2, 0.25) is 4.47 Å². The van der Waals surface area contributed by atoms with E-state index in [1.807, 2.05) is 6.26 Å². The zero-order valence-corrected chi connectivity index (χ0v) is 7.56. The second kappa shape index (κ2) is 3.50. The van der Waals surface area contributed by atoms with Crippen molar-refractivity contribution >= 4 is 33.8 Å². The third kappa shape index (κ3) is 1.41. The van der Waals surface area contributed by atoms with Gasteiger partial charge in [0, 0.05) is 11.6 Å². The van der Waals surface area contributed by atoms with Crippen LogP contribution < -0.4 is 0 Å². The number of rotatable bonds is 2. The van der Waals surface area contributed by atoms with Crippen molar-refractivity contribution in [2.45, 2.75) is 10.3 Å². The van der Waals surface area contributed by atoms with Crippen molar-refractivity contribution in [2.75, 3.05) is 6.26 Å².